The zero-order valence-corrected chi connectivity index (χ0v) is 36.7. The molecule has 0 fully saturated rings. The van der Waals surface area contributed by atoms with Gasteiger partial charge in [0.05, 0.1) is 26.2 Å². The van der Waals surface area contributed by atoms with Crippen molar-refractivity contribution in [2.75, 3.05) is 33.0 Å². The van der Waals surface area contributed by atoms with Crippen LogP contribution in [0, 0.1) is 0 Å². The van der Waals surface area contributed by atoms with Crippen molar-refractivity contribution in [3.8, 4) is 0 Å². The molecule has 2 unspecified atom stereocenters. The molecule has 0 bridgehead atoms. The summed E-state index contributed by atoms with van der Waals surface area (Å²) in [7, 11) is -4.31. The van der Waals surface area contributed by atoms with E-state index in [0.717, 1.165) is 38.5 Å². The molecule has 0 aliphatic carbocycles. The van der Waals surface area contributed by atoms with Gasteiger partial charge in [-0.2, -0.15) is 0 Å². The van der Waals surface area contributed by atoms with Gasteiger partial charge in [0.15, 0.2) is 0 Å². The van der Waals surface area contributed by atoms with Crippen LogP contribution in [-0.4, -0.2) is 49.9 Å². The summed E-state index contributed by atoms with van der Waals surface area (Å²) in [5.41, 5.74) is 5.36. The molecule has 2 atom stereocenters. The van der Waals surface area contributed by atoms with Gasteiger partial charge in [-0.3, -0.25) is 13.8 Å². The Morgan fingerprint density at radius 2 is 1.00 bits per heavy atom. The van der Waals surface area contributed by atoms with Crippen LogP contribution in [0.2, 0.25) is 0 Å². The Morgan fingerprint density at radius 1 is 0.554 bits per heavy atom. The van der Waals surface area contributed by atoms with Gasteiger partial charge in [-0.15, -0.1) is 0 Å². The Balaban J connectivity index is 4.08. The number of unbranched alkanes of at least 4 members (excludes halogenated alkanes) is 18. The second kappa shape index (κ2) is 44.1. The molecule has 0 aliphatic heterocycles. The van der Waals surface area contributed by atoms with Gasteiger partial charge in [0.2, 0.25) is 0 Å². The van der Waals surface area contributed by atoms with Crippen molar-refractivity contribution < 1.29 is 32.8 Å². The minimum atomic E-state index is -4.31. The maximum absolute atomic E-state index is 12.5. The van der Waals surface area contributed by atoms with E-state index in [2.05, 4.69) is 74.6 Å². The summed E-state index contributed by atoms with van der Waals surface area (Å²) >= 11 is 0. The first-order valence-electron chi connectivity index (χ1n) is 22.4. The molecule has 0 aromatic rings. The van der Waals surface area contributed by atoms with Crippen molar-refractivity contribution in [2.24, 2.45) is 5.73 Å². The lowest BCUT2D eigenvalue weighted by molar-refractivity contribution is -0.153. The standard InChI is InChI=1S/C47H84NO7P/c1-3-5-7-9-11-13-15-17-19-20-21-22-23-24-25-27-29-31-33-35-37-39-42-52-44-46(45-54-56(50,51)53-43-41-48)55-47(49)40-38-36-34-32-30-28-26-18-16-14-12-10-8-6-4-2/h6,8,12,14,18,20-21,26,30,32,36,38,46H,3-5,7,9-11,13,15-17,19,22-25,27-29,31,33-35,37,39-45,48H2,1-2H3,(H,50,51)/b8-6-,14-12-,21-20-,26-18-,32-30-,38-36-. The fourth-order valence-electron chi connectivity index (χ4n) is 5.89. The van der Waals surface area contributed by atoms with Crippen LogP contribution in [0.3, 0.4) is 0 Å². The SMILES string of the molecule is CC/C=C\C/C=C\C/C=C\C/C=C\C/C=C\CC(=O)OC(COCCCCCCCCCCCC/C=C\CCCCCCCCCC)COP(=O)(O)OCCN. The second-order valence-electron chi connectivity index (χ2n) is 14.5. The van der Waals surface area contributed by atoms with Crippen LogP contribution in [0.15, 0.2) is 72.9 Å². The van der Waals surface area contributed by atoms with Crippen LogP contribution >= 0.6 is 7.82 Å². The third-order valence-electron chi connectivity index (χ3n) is 9.14. The number of phosphoric ester groups is 1. The number of carbonyl (C=O) groups excluding carboxylic acids is 1. The maximum atomic E-state index is 12.5. The van der Waals surface area contributed by atoms with E-state index in [1.54, 1.807) is 6.08 Å². The van der Waals surface area contributed by atoms with Gasteiger partial charge < -0.3 is 20.1 Å². The number of nitrogens with two attached hydrogens (primary N) is 1. The first-order chi connectivity index (χ1) is 27.4. The highest BCUT2D eigenvalue weighted by atomic mass is 31.2. The van der Waals surface area contributed by atoms with Gasteiger partial charge in [0.25, 0.3) is 0 Å². The minimum Gasteiger partial charge on any atom is -0.457 e. The van der Waals surface area contributed by atoms with Gasteiger partial charge in [0.1, 0.15) is 6.10 Å². The van der Waals surface area contributed by atoms with E-state index in [0.29, 0.717) is 13.0 Å². The minimum absolute atomic E-state index is 0.0728. The van der Waals surface area contributed by atoms with E-state index in [-0.39, 0.29) is 32.8 Å². The number of hydrogen-bond acceptors (Lipinski definition) is 7. The quantitative estimate of drug-likeness (QED) is 0.0271. The van der Waals surface area contributed by atoms with Crippen molar-refractivity contribution in [2.45, 2.75) is 187 Å². The summed E-state index contributed by atoms with van der Waals surface area (Å²) in [6.45, 7) is 4.66. The first kappa shape index (κ1) is 53.9. The topological polar surface area (TPSA) is 117 Å². The molecule has 0 saturated carbocycles. The highest BCUT2D eigenvalue weighted by Gasteiger charge is 2.25. The highest BCUT2D eigenvalue weighted by molar-refractivity contribution is 7.47. The second-order valence-corrected chi connectivity index (χ2v) is 16.0. The van der Waals surface area contributed by atoms with Crippen LogP contribution in [0.1, 0.15) is 181 Å². The normalized spacial score (nSPS) is 14.1. The van der Waals surface area contributed by atoms with E-state index < -0.39 is 19.9 Å². The molecule has 56 heavy (non-hydrogen) atoms. The van der Waals surface area contributed by atoms with E-state index in [1.165, 1.54) is 116 Å². The van der Waals surface area contributed by atoms with E-state index >= 15 is 0 Å². The third kappa shape index (κ3) is 43.1. The van der Waals surface area contributed by atoms with E-state index in [9.17, 15) is 14.3 Å². The van der Waals surface area contributed by atoms with Crippen LogP contribution in [0.4, 0.5) is 0 Å². The number of phosphoric acid groups is 1. The molecule has 0 aromatic heterocycles. The van der Waals surface area contributed by atoms with E-state index in [1.807, 2.05) is 6.08 Å². The Morgan fingerprint density at radius 3 is 1.48 bits per heavy atom. The molecule has 0 amide bonds. The van der Waals surface area contributed by atoms with E-state index in [4.69, 9.17) is 24.3 Å². The number of rotatable bonds is 42. The maximum Gasteiger partial charge on any atom is 0.472 e. The predicted octanol–water partition coefficient (Wildman–Crippen LogP) is 13.5. The average Bonchev–Trinajstić information content (AvgIpc) is 3.19. The number of carbonyl (C=O) groups is 1. The zero-order chi connectivity index (χ0) is 40.9. The van der Waals surface area contributed by atoms with Crippen molar-refractivity contribution in [1.29, 1.82) is 0 Å². The van der Waals surface area contributed by atoms with Crippen molar-refractivity contribution in [3.05, 3.63) is 72.9 Å². The van der Waals surface area contributed by atoms with Crippen LogP contribution in [0.25, 0.3) is 0 Å². The molecular weight excluding hydrogens is 721 g/mol. The summed E-state index contributed by atoms with van der Waals surface area (Å²) < 4.78 is 33.3. The fourth-order valence-corrected chi connectivity index (χ4v) is 6.66. The van der Waals surface area contributed by atoms with Crippen LogP contribution in [-0.2, 0) is 27.9 Å². The molecule has 0 spiro atoms. The number of esters is 1. The molecular formula is C47H84NO7P. The van der Waals surface area contributed by atoms with Gasteiger partial charge in [-0.05, 0) is 64.2 Å². The number of hydrogen-bond donors (Lipinski definition) is 2. The Bertz CT molecular complexity index is 1080. The predicted molar refractivity (Wildman–Crippen MR) is 238 cm³/mol. The molecule has 324 valence electrons. The largest absolute Gasteiger partial charge is 0.472 e. The van der Waals surface area contributed by atoms with Crippen LogP contribution in [0.5, 0.6) is 0 Å². The smallest absolute Gasteiger partial charge is 0.457 e. The monoisotopic (exact) mass is 806 g/mol. The van der Waals surface area contributed by atoms with Crippen molar-refractivity contribution in [1.82, 2.24) is 0 Å². The molecule has 0 rings (SSSR count). The number of ether oxygens (including phenoxy) is 2. The average molecular weight is 806 g/mol. The van der Waals surface area contributed by atoms with Gasteiger partial charge in [0, 0.05) is 13.2 Å². The third-order valence-corrected chi connectivity index (χ3v) is 10.1. The molecule has 0 aromatic carbocycles. The lowest BCUT2D eigenvalue weighted by atomic mass is 10.1. The molecule has 9 heteroatoms. The fraction of sp³-hybridized carbons (Fsp3) is 0.723. The molecule has 8 nitrogen and oxygen atoms in total. The Hall–Kier alpha value is -2.06. The first-order valence-corrected chi connectivity index (χ1v) is 23.9. The summed E-state index contributed by atoms with van der Waals surface area (Å²) in [5, 5.41) is 0. The summed E-state index contributed by atoms with van der Waals surface area (Å²) in [6, 6.07) is 0. The summed E-state index contributed by atoms with van der Waals surface area (Å²) in [6.07, 6.45) is 55.3. The lowest BCUT2D eigenvalue weighted by Crippen LogP contribution is -2.28. The van der Waals surface area contributed by atoms with Gasteiger partial charge >= 0.3 is 13.8 Å². The molecule has 3 N–H and O–H groups in total. The number of allylic oxidation sites excluding steroid dienone is 11. The lowest BCUT2D eigenvalue weighted by Gasteiger charge is -2.19. The van der Waals surface area contributed by atoms with Gasteiger partial charge in [-0.25, -0.2) is 4.57 Å². The Kier molecular flexibility index (Phi) is 42.4. The van der Waals surface area contributed by atoms with Gasteiger partial charge in [-0.1, -0.05) is 183 Å². The molecule has 0 saturated heterocycles. The van der Waals surface area contributed by atoms with Crippen LogP contribution < -0.4 is 5.73 Å². The molecule has 0 heterocycles. The molecule has 0 radical (unpaired) electrons. The molecule has 0 aliphatic rings. The Labute approximate surface area is 344 Å². The summed E-state index contributed by atoms with van der Waals surface area (Å²) in [4.78, 5) is 22.4. The zero-order valence-electron chi connectivity index (χ0n) is 35.8. The summed E-state index contributed by atoms with van der Waals surface area (Å²) in [5.74, 6) is -0.458. The highest BCUT2D eigenvalue weighted by Crippen LogP contribution is 2.43. The van der Waals surface area contributed by atoms with Crippen molar-refractivity contribution >= 4 is 13.8 Å². The van der Waals surface area contributed by atoms with Crippen molar-refractivity contribution in [3.63, 3.8) is 0 Å².